The standard InChI is InChI=1S/C19H19N3O/c1-2-12-20-19(23)15(13-14-8-4-3-5-9-14)18-21-16-10-6-7-11-17(16)22-18/h3-11,13H,2,12H2,1H3,(H,20,23)(H,21,22)/b15-13-. The van der Waals surface area contributed by atoms with Crippen LogP contribution in [-0.2, 0) is 4.79 Å². The number of para-hydroxylation sites is 2. The van der Waals surface area contributed by atoms with E-state index < -0.39 is 0 Å². The van der Waals surface area contributed by atoms with Crippen molar-refractivity contribution in [1.29, 1.82) is 0 Å². The summed E-state index contributed by atoms with van der Waals surface area (Å²) >= 11 is 0. The SMILES string of the molecule is CCCNC(=O)/C(=C\c1ccccc1)c1nc2ccccc2[nH]1. The van der Waals surface area contributed by atoms with Crippen LogP contribution in [0, 0.1) is 0 Å². The van der Waals surface area contributed by atoms with Crippen LogP contribution in [0.5, 0.6) is 0 Å². The Kier molecular flexibility index (Phi) is 4.52. The topological polar surface area (TPSA) is 57.8 Å². The Morgan fingerprint density at radius 1 is 1.13 bits per heavy atom. The van der Waals surface area contributed by atoms with Crippen molar-refractivity contribution in [2.45, 2.75) is 13.3 Å². The molecule has 0 atom stereocenters. The monoisotopic (exact) mass is 305 g/mol. The minimum Gasteiger partial charge on any atom is -0.352 e. The lowest BCUT2D eigenvalue weighted by Crippen LogP contribution is -2.25. The first-order chi connectivity index (χ1) is 11.3. The maximum absolute atomic E-state index is 12.5. The number of aromatic amines is 1. The largest absolute Gasteiger partial charge is 0.352 e. The van der Waals surface area contributed by atoms with Crippen molar-refractivity contribution in [3.63, 3.8) is 0 Å². The summed E-state index contributed by atoms with van der Waals surface area (Å²) in [6.45, 7) is 2.67. The number of imidazole rings is 1. The molecule has 1 amide bonds. The van der Waals surface area contributed by atoms with Gasteiger partial charge in [-0.3, -0.25) is 4.79 Å². The molecule has 0 saturated heterocycles. The van der Waals surface area contributed by atoms with Gasteiger partial charge in [0, 0.05) is 6.54 Å². The third-order valence-electron chi connectivity index (χ3n) is 3.54. The molecular weight excluding hydrogens is 286 g/mol. The van der Waals surface area contributed by atoms with E-state index in [-0.39, 0.29) is 5.91 Å². The quantitative estimate of drug-likeness (QED) is 0.707. The molecule has 0 bridgehead atoms. The molecule has 0 radical (unpaired) electrons. The van der Waals surface area contributed by atoms with Crippen LogP contribution in [0.2, 0.25) is 0 Å². The first-order valence-corrected chi connectivity index (χ1v) is 7.78. The molecule has 3 rings (SSSR count). The summed E-state index contributed by atoms with van der Waals surface area (Å²) in [5.74, 6) is 0.471. The number of aromatic nitrogens is 2. The normalized spacial score (nSPS) is 11.6. The van der Waals surface area contributed by atoms with Gasteiger partial charge in [0.05, 0.1) is 16.6 Å². The fourth-order valence-electron chi connectivity index (χ4n) is 2.37. The number of nitrogens with zero attached hydrogens (tertiary/aromatic N) is 1. The van der Waals surface area contributed by atoms with E-state index in [1.807, 2.05) is 67.6 Å². The Morgan fingerprint density at radius 2 is 1.87 bits per heavy atom. The molecule has 0 aliphatic rings. The maximum Gasteiger partial charge on any atom is 0.255 e. The summed E-state index contributed by atoms with van der Waals surface area (Å²) in [7, 11) is 0. The van der Waals surface area contributed by atoms with Crippen molar-refractivity contribution in [3.05, 3.63) is 66.0 Å². The van der Waals surface area contributed by atoms with Gasteiger partial charge >= 0.3 is 0 Å². The zero-order chi connectivity index (χ0) is 16.1. The van der Waals surface area contributed by atoms with E-state index in [1.54, 1.807) is 0 Å². The Labute approximate surface area is 135 Å². The number of hydrogen-bond donors (Lipinski definition) is 2. The molecule has 116 valence electrons. The van der Waals surface area contributed by atoms with Crippen LogP contribution in [0.3, 0.4) is 0 Å². The van der Waals surface area contributed by atoms with Gasteiger partial charge in [-0.2, -0.15) is 0 Å². The van der Waals surface area contributed by atoms with Gasteiger partial charge in [0.25, 0.3) is 5.91 Å². The highest BCUT2D eigenvalue weighted by molar-refractivity contribution is 6.23. The van der Waals surface area contributed by atoms with Crippen molar-refractivity contribution in [1.82, 2.24) is 15.3 Å². The Balaban J connectivity index is 2.03. The smallest absolute Gasteiger partial charge is 0.255 e. The van der Waals surface area contributed by atoms with E-state index >= 15 is 0 Å². The lowest BCUT2D eigenvalue weighted by molar-refractivity contribution is -0.115. The summed E-state index contributed by atoms with van der Waals surface area (Å²) in [5.41, 5.74) is 3.28. The highest BCUT2D eigenvalue weighted by Gasteiger charge is 2.15. The number of benzene rings is 2. The number of carbonyl (C=O) groups is 1. The number of fused-ring (bicyclic) bond motifs is 1. The van der Waals surface area contributed by atoms with Gasteiger partial charge in [0.2, 0.25) is 0 Å². The second kappa shape index (κ2) is 6.92. The van der Waals surface area contributed by atoms with Crippen molar-refractivity contribution < 1.29 is 4.79 Å². The second-order valence-electron chi connectivity index (χ2n) is 5.33. The minimum atomic E-state index is -0.116. The summed E-state index contributed by atoms with van der Waals surface area (Å²) in [6.07, 6.45) is 2.76. The predicted molar refractivity (Wildman–Crippen MR) is 93.7 cm³/mol. The summed E-state index contributed by atoms with van der Waals surface area (Å²) in [6, 6.07) is 17.6. The summed E-state index contributed by atoms with van der Waals surface area (Å²) < 4.78 is 0. The molecule has 2 aromatic carbocycles. The second-order valence-corrected chi connectivity index (χ2v) is 5.33. The molecule has 0 aliphatic carbocycles. The Hall–Kier alpha value is -2.88. The first-order valence-electron chi connectivity index (χ1n) is 7.78. The summed E-state index contributed by atoms with van der Waals surface area (Å²) in [4.78, 5) is 20.3. The lowest BCUT2D eigenvalue weighted by Gasteiger charge is -2.06. The third kappa shape index (κ3) is 3.48. The van der Waals surface area contributed by atoms with Crippen LogP contribution < -0.4 is 5.32 Å². The molecular formula is C19H19N3O. The van der Waals surface area contributed by atoms with Gasteiger partial charge in [0.1, 0.15) is 5.82 Å². The van der Waals surface area contributed by atoms with Gasteiger partial charge in [-0.1, -0.05) is 49.4 Å². The van der Waals surface area contributed by atoms with Crippen molar-refractivity contribution in [2.75, 3.05) is 6.54 Å². The molecule has 4 heteroatoms. The minimum absolute atomic E-state index is 0.116. The van der Waals surface area contributed by atoms with E-state index in [1.165, 1.54) is 0 Å². The molecule has 0 spiro atoms. The average Bonchev–Trinajstić information content (AvgIpc) is 3.02. The molecule has 1 heterocycles. The number of hydrogen-bond acceptors (Lipinski definition) is 2. The summed E-state index contributed by atoms with van der Waals surface area (Å²) in [5, 5.41) is 2.93. The highest BCUT2D eigenvalue weighted by Crippen LogP contribution is 2.20. The number of rotatable bonds is 5. The molecule has 0 unspecified atom stereocenters. The van der Waals surface area contributed by atoms with Crippen LogP contribution >= 0.6 is 0 Å². The van der Waals surface area contributed by atoms with Gasteiger partial charge < -0.3 is 10.3 Å². The lowest BCUT2D eigenvalue weighted by atomic mass is 10.1. The molecule has 23 heavy (non-hydrogen) atoms. The van der Waals surface area contributed by atoms with Crippen LogP contribution in [0.25, 0.3) is 22.7 Å². The Bertz CT molecular complexity index is 801. The highest BCUT2D eigenvalue weighted by atomic mass is 16.1. The molecule has 4 nitrogen and oxygen atoms in total. The van der Waals surface area contributed by atoms with Gasteiger partial charge in [-0.25, -0.2) is 4.98 Å². The van der Waals surface area contributed by atoms with E-state index in [2.05, 4.69) is 15.3 Å². The van der Waals surface area contributed by atoms with E-state index in [0.29, 0.717) is 17.9 Å². The van der Waals surface area contributed by atoms with Gasteiger partial charge in [0.15, 0.2) is 0 Å². The van der Waals surface area contributed by atoms with Crippen molar-refractivity contribution in [2.24, 2.45) is 0 Å². The number of H-pyrrole nitrogens is 1. The zero-order valence-corrected chi connectivity index (χ0v) is 13.0. The number of carbonyl (C=O) groups excluding carboxylic acids is 1. The molecule has 0 saturated carbocycles. The van der Waals surface area contributed by atoms with Gasteiger partial charge in [-0.15, -0.1) is 0 Å². The van der Waals surface area contributed by atoms with Gasteiger partial charge in [-0.05, 0) is 30.2 Å². The van der Waals surface area contributed by atoms with Crippen molar-refractivity contribution >= 4 is 28.6 Å². The fourth-order valence-corrected chi connectivity index (χ4v) is 2.37. The molecule has 1 aromatic heterocycles. The fraction of sp³-hybridized carbons (Fsp3) is 0.158. The van der Waals surface area contributed by atoms with Crippen LogP contribution in [0.1, 0.15) is 24.7 Å². The molecule has 0 fully saturated rings. The third-order valence-corrected chi connectivity index (χ3v) is 3.54. The Morgan fingerprint density at radius 3 is 2.61 bits per heavy atom. The van der Waals surface area contributed by atoms with Crippen LogP contribution in [0.15, 0.2) is 54.6 Å². The number of nitrogens with one attached hydrogen (secondary N) is 2. The van der Waals surface area contributed by atoms with E-state index in [9.17, 15) is 4.79 Å². The molecule has 0 aliphatic heterocycles. The number of amides is 1. The zero-order valence-electron chi connectivity index (χ0n) is 13.0. The van der Waals surface area contributed by atoms with Crippen molar-refractivity contribution in [3.8, 4) is 0 Å². The molecule has 2 N–H and O–H groups in total. The maximum atomic E-state index is 12.5. The first kappa shape index (κ1) is 15.0. The van der Waals surface area contributed by atoms with E-state index in [0.717, 1.165) is 23.0 Å². The van der Waals surface area contributed by atoms with Crippen LogP contribution in [0.4, 0.5) is 0 Å². The predicted octanol–water partition coefficient (Wildman–Crippen LogP) is 3.63. The van der Waals surface area contributed by atoms with E-state index in [4.69, 9.17) is 0 Å². The molecule has 3 aromatic rings. The van der Waals surface area contributed by atoms with Crippen LogP contribution in [-0.4, -0.2) is 22.4 Å². The average molecular weight is 305 g/mol.